The molecule has 1 fully saturated rings. The molecule has 0 aliphatic heterocycles. The van der Waals surface area contributed by atoms with Gasteiger partial charge in [0.25, 0.3) is 0 Å². The van der Waals surface area contributed by atoms with Crippen molar-refractivity contribution in [2.75, 3.05) is 5.32 Å². The van der Waals surface area contributed by atoms with Gasteiger partial charge in [0.05, 0.1) is 17.4 Å². The van der Waals surface area contributed by atoms with Crippen molar-refractivity contribution in [3.8, 4) is 0 Å². The normalized spacial score (nSPS) is 22.9. The van der Waals surface area contributed by atoms with Crippen molar-refractivity contribution in [2.45, 2.75) is 13.8 Å². The maximum atomic E-state index is 12.1. The third kappa shape index (κ3) is 2.36. The lowest BCUT2D eigenvalue weighted by molar-refractivity contribution is -0.140. The molecule has 2 rings (SSSR count). The number of anilines is 1. The Kier molecular flexibility index (Phi) is 3.25. The number of rotatable bonds is 4. The van der Waals surface area contributed by atoms with Crippen molar-refractivity contribution >= 4 is 23.5 Å². The molecule has 1 aliphatic rings. The summed E-state index contributed by atoms with van der Waals surface area (Å²) in [6.07, 6.45) is 0. The number of carbonyl (C=O) groups excluding carboxylic acids is 1. The van der Waals surface area contributed by atoms with Gasteiger partial charge in [-0.3, -0.25) is 9.59 Å². The van der Waals surface area contributed by atoms with E-state index in [1.165, 1.54) is 18.2 Å². The smallest absolute Gasteiger partial charge is 0.335 e. The zero-order valence-corrected chi connectivity index (χ0v) is 11.1. The second kappa shape index (κ2) is 4.63. The summed E-state index contributed by atoms with van der Waals surface area (Å²) < 4.78 is 0. The fourth-order valence-electron chi connectivity index (χ4n) is 2.54. The van der Waals surface area contributed by atoms with Crippen molar-refractivity contribution < 1.29 is 24.6 Å². The molecule has 0 saturated heterocycles. The topological polar surface area (TPSA) is 104 Å². The van der Waals surface area contributed by atoms with Gasteiger partial charge in [-0.05, 0) is 23.6 Å². The molecule has 106 valence electrons. The van der Waals surface area contributed by atoms with Crippen molar-refractivity contribution in [3.63, 3.8) is 0 Å². The number of benzene rings is 1. The van der Waals surface area contributed by atoms with Crippen LogP contribution in [0.2, 0.25) is 0 Å². The summed E-state index contributed by atoms with van der Waals surface area (Å²) in [6, 6.07) is 5.84. The van der Waals surface area contributed by atoms with Gasteiger partial charge in [-0.1, -0.05) is 19.9 Å². The molecule has 1 amide bonds. The van der Waals surface area contributed by atoms with Gasteiger partial charge >= 0.3 is 11.9 Å². The average molecular weight is 277 g/mol. The number of aromatic carboxylic acids is 1. The lowest BCUT2D eigenvalue weighted by Crippen LogP contribution is -2.18. The van der Waals surface area contributed by atoms with E-state index < -0.39 is 35.1 Å². The molecule has 0 heterocycles. The predicted molar refractivity (Wildman–Crippen MR) is 70.4 cm³/mol. The van der Waals surface area contributed by atoms with E-state index in [9.17, 15) is 14.4 Å². The number of hydrogen-bond donors (Lipinski definition) is 3. The van der Waals surface area contributed by atoms with Crippen molar-refractivity contribution in [1.29, 1.82) is 0 Å². The zero-order chi connectivity index (χ0) is 15.1. The van der Waals surface area contributed by atoms with E-state index in [1.807, 2.05) is 0 Å². The van der Waals surface area contributed by atoms with Crippen molar-refractivity contribution in [2.24, 2.45) is 17.3 Å². The molecule has 3 N–H and O–H groups in total. The summed E-state index contributed by atoms with van der Waals surface area (Å²) in [6.45, 7) is 3.45. The highest BCUT2D eigenvalue weighted by molar-refractivity contribution is 6.00. The van der Waals surface area contributed by atoms with Gasteiger partial charge in [0.1, 0.15) is 0 Å². The fourth-order valence-corrected chi connectivity index (χ4v) is 2.54. The molecule has 6 nitrogen and oxygen atoms in total. The summed E-state index contributed by atoms with van der Waals surface area (Å²) in [7, 11) is 0. The van der Waals surface area contributed by atoms with Crippen LogP contribution in [0.5, 0.6) is 0 Å². The molecule has 20 heavy (non-hydrogen) atoms. The summed E-state index contributed by atoms with van der Waals surface area (Å²) in [5.74, 6) is -3.78. The lowest BCUT2D eigenvalue weighted by Gasteiger charge is -2.06. The first-order chi connectivity index (χ1) is 9.25. The number of aliphatic carboxylic acids is 1. The van der Waals surface area contributed by atoms with Crippen LogP contribution in [0.4, 0.5) is 5.69 Å². The molecule has 1 aliphatic carbocycles. The fraction of sp³-hybridized carbons (Fsp3) is 0.357. The van der Waals surface area contributed by atoms with E-state index in [2.05, 4.69) is 5.32 Å². The minimum atomic E-state index is -1.09. The quantitative estimate of drug-likeness (QED) is 0.776. The number of amides is 1. The Balaban J connectivity index is 2.12. The number of nitrogens with one attached hydrogen (secondary N) is 1. The summed E-state index contributed by atoms with van der Waals surface area (Å²) in [4.78, 5) is 33.9. The standard InChI is InChI=1S/C14H15NO5/c1-14(2)9(10(14)13(19)20)11(16)15-8-5-3-4-7(6-8)12(17)18/h3-6,9-10H,1-2H3,(H,15,16)(H,17,18)(H,19,20)/t9-,10+/m1/s1. The molecule has 0 spiro atoms. The Bertz CT molecular complexity index is 593. The van der Waals surface area contributed by atoms with Crippen LogP contribution in [0, 0.1) is 17.3 Å². The first-order valence-corrected chi connectivity index (χ1v) is 6.12. The largest absolute Gasteiger partial charge is 0.481 e. The van der Waals surface area contributed by atoms with E-state index in [4.69, 9.17) is 10.2 Å². The average Bonchev–Trinajstić information content (AvgIpc) is 2.93. The van der Waals surface area contributed by atoms with E-state index >= 15 is 0 Å². The van der Waals surface area contributed by atoms with Crippen LogP contribution in [-0.2, 0) is 9.59 Å². The number of carbonyl (C=O) groups is 3. The lowest BCUT2D eigenvalue weighted by atomic mass is 10.1. The molecule has 1 aromatic carbocycles. The Morgan fingerprint density at radius 2 is 1.80 bits per heavy atom. The summed E-state index contributed by atoms with van der Waals surface area (Å²) in [5, 5.41) is 20.5. The monoisotopic (exact) mass is 277 g/mol. The van der Waals surface area contributed by atoms with E-state index in [0.29, 0.717) is 5.69 Å². The molecule has 2 atom stereocenters. The number of carboxylic acids is 2. The molecule has 6 heteroatoms. The van der Waals surface area contributed by atoms with Crippen LogP contribution >= 0.6 is 0 Å². The number of hydrogen-bond acceptors (Lipinski definition) is 3. The van der Waals surface area contributed by atoms with Gasteiger partial charge in [-0.2, -0.15) is 0 Å². The predicted octanol–water partition coefficient (Wildman–Crippen LogP) is 1.68. The van der Waals surface area contributed by atoms with Gasteiger partial charge in [0.2, 0.25) is 5.91 Å². The first kappa shape index (κ1) is 14.0. The van der Waals surface area contributed by atoms with E-state index in [-0.39, 0.29) is 5.56 Å². The Hall–Kier alpha value is -2.37. The maximum Gasteiger partial charge on any atom is 0.335 e. The van der Waals surface area contributed by atoms with Crippen LogP contribution in [0.25, 0.3) is 0 Å². The Labute approximate surface area is 115 Å². The second-order valence-electron chi connectivity index (χ2n) is 5.49. The molecule has 0 bridgehead atoms. The van der Waals surface area contributed by atoms with Gasteiger partial charge < -0.3 is 15.5 Å². The van der Waals surface area contributed by atoms with Crippen LogP contribution < -0.4 is 5.32 Å². The molecular weight excluding hydrogens is 262 g/mol. The first-order valence-electron chi connectivity index (χ1n) is 6.12. The van der Waals surface area contributed by atoms with Gasteiger partial charge in [-0.15, -0.1) is 0 Å². The molecule has 1 aromatic rings. The zero-order valence-electron chi connectivity index (χ0n) is 11.1. The van der Waals surface area contributed by atoms with E-state index in [1.54, 1.807) is 19.9 Å². The minimum absolute atomic E-state index is 0.0626. The highest BCUT2D eigenvalue weighted by Crippen LogP contribution is 2.58. The molecular formula is C14H15NO5. The maximum absolute atomic E-state index is 12.1. The Morgan fingerprint density at radius 3 is 2.30 bits per heavy atom. The third-order valence-corrected chi connectivity index (χ3v) is 3.75. The Morgan fingerprint density at radius 1 is 1.15 bits per heavy atom. The molecule has 0 unspecified atom stereocenters. The summed E-state index contributed by atoms with van der Waals surface area (Å²) >= 11 is 0. The van der Waals surface area contributed by atoms with Crippen LogP contribution in [-0.4, -0.2) is 28.1 Å². The minimum Gasteiger partial charge on any atom is -0.481 e. The highest BCUT2D eigenvalue weighted by Gasteiger charge is 2.65. The van der Waals surface area contributed by atoms with Crippen molar-refractivity contribution in [3.05, 3.63) is 29.8 Å². The number of carboxylic acid groups (broad SMARTS) is 2. The van der Waals surface area contributed by atoms with Gasteiger partial charge in [0.15, 0.2) is 0 Å². The van der Waals surface area contributed by atoms with Crippen LogP contribution in [0.1, 0.15) is 24.2 Å². The summed E-state index contributed by atoms with van der Waals surface area (Å²) in [5.41, 5.74) is -0.172. The SMILES string of the molecule is CC1(C)[C@H](C(=O)O)[C@@H]1C(=O)Nc1cccc(C(=O)O)c1. The second-order valence-corrected chi connectivity index (χ2v) is 5.49. The third-order valence-electron chi connectivity index (χ3n) is 3.75. The highest BCUT2D eigenvalue weighted by atomic mass is 16.4. The van der Waals surface area contributed by atoms with Crippen LogP contribution in [0.3, 0.4) is 0 Å². The van der Waals surface area contributed by atoms with E-state index in [0.717, 1.165) is 0 Å². The van der Waals surface area contributed by atoms with Crippen molar-refractivity contribution in [1.82, 2.24) is 0 Å². The molecule has 0 radical (unpaired) electrons. The molecule has 1 saturated carbocycles. The van der Waals surface area contributed by atoms with Gasteiger partial charge in [-0.25, -0.2) is 4.79 Å². The van der Waals surface area contributed by atoms with Crippen LogP contribution in [0.15, 0.2) is 24.3 Å². The van der Waals surface area contributed by atoms with Gasteiger partial charge in [0, 0.05) is 5.69 Å². The molecule has 0 aromatic heterocycles.